The fourth-order valence-corrected chi connectivity index (χ4v) is 5.33. The standard InChI is InChI=1S/C28H32O14/c1-36-17-5-13(6-18(37-2)23(17)32)24-15-11-41-25(16(15)12-40-24)14-7-19(38-3)26(20(8-14)39-4)42-22(31)10-28(35,27(33)34)9-21(29)30/h5-8,15-16,24-25,32,35H,9-12H2,1-4H3,(H,29,30)(H,33,34)/t15-,16-,24+,25+,28?/m0/s1. The van der Waals surface area contributed by atoms with Crippen LogP contribution in [0.3, 0.4) is 0 Å². The van der Waals surface area contributed by atoms with Crippen molar-refractivity contribution in [3.05, 3.63) is 35.4 Å². The van der Waals surface area contributed by atoms with E-state index in [0.717, 1.165) is 5.56 Å². The number of fused-ring (bicyclic) bond motifs is 1. The van der Waals surface area contributed by atoms with Gasteiger partial charge in [-0.15, -0.1) is 0 Å². The van der Waals surface area contributed by atoms with Gasteiger partial charge >= 0.3 is 17.9 Å². The molecule has 14 nitrogen and oxygen atoms in total. The molecule has 2 heterocycles. The van der Waals surface area contributed by atoms with Crippen LogP contribution in [0.15, 0.2) is 24.3 Å². The molecule has 0 bridgehead atoms. The summed E-state index contributed by atoms with van der Waals surface area (Å²) in [7, 11) is 5.53. The number of aliphatic hydroxyl groups is 1. The van der Waals surface area contributed by atoms with Crippen LogP contribution in [0.2, 0.25) is 0 Å². The van der Waals surface area contributed by atoms with Gasteiger partial charge in [0.25, 0.3) is 0 Å². The summed E-state index contributed by atoms with van der Waals surface area (Å²) in [5.74, 6) is -4.55. The highest BCUT2D eigenvalue weighted by molar-refractivity contribution is 5.89. The minimum absolute atomic E-state index is 0.0605. The second-order valence-corrected chi connectivity index (χ2v) is 9.92. The fraction of sp³-hybridized carbons (Fsp3) is 0.464. The maximum Gasteiger partial charge on any atom is 0.336 e. The molecule has 2 aliphatic rings. The minimum atomic E-state index is -2.87. The number of carbonyl (C=O) groups excluding carboxylic acids is 1. The first-order chi connectivity index (χ1) is 20.0. The summed E-state index contributed by atoms with van der Waals surface area (Å²) in [6, 6.07) is 6.54. The van der Waals surface area contributed by atoms with E-state index in [9.17, 15) is 29.7 Å². The Labute approximate surface area is 240 Å². The zero-order valence-corrected chi connectivity index (χ0v) is 23.3. The van der Waals surface area contributed by atoms with Crippen LogP contribution < -0.4 is 23.7 Å². The minimum Gasteiger partial charge on any atom is -0.502 e. The molecule has 0 radical (unpaired) electrons. The predicted octanol–water partition coefficient (Wildman–Crippen LogP) is 2.09. The van der Waals surface area contributed by atoms with Gasteiger partial charge in [-0.3, -0.25) is 9.59 Å². The molecular weight excluding hydrogens is 560 g/mol. The number of carboxylic acids is 2. The number of aromatic hydroxyl groups is 1. The van der Waals surface area contributed by atoms with Crippen molar-refractivity contribution >= 4 is 17.9 Å². The first-order valence-corrected chi connectivity index (χ1v) is 12.8. The van der Waals surface area contributed by atoms with E-state index < -0.39 is 42.5 Å². The maximum atomic E-state index is 12.6. The number of ether oxygens (including phenoxy) is 7. The Kier molecular flexibility index (Phi) is 8.99. The average molecular weight is 593 g/mol. The fourth-order valence-electron chi connectivity index (χ4n) is 5.33. The van der Waals surface area contributed by atoms with Crippen molar-refractivity contribution in [2.24, 2.45) is 11.8 Å². The number of hydrogen-bond acceptors (Lipinski definition) is 12. The van der Waals surface area contributed by atoms with Crippen molar-refractivity contribution in [3.63, 3.8) is 0 Å². The second kappa shape index (κ2) is 12.3. The summed E-state index contributed by atoms with van der Waals surface area (Å²) in [5.41, 5.74) is -1.49. The monoisotopic (exact) mass is 592 g/mol. The van der Waals surface area contributed by atoms with Crippen molar-refractivity contribution in [1.29, 1.82) is 0 Å². The molecule has 2 fully saturated rings. The maximum absolute atomic E-state index is 12.6. The van der Waals surface area contributed by atoms with Crippen molar-refractivity contribution in [2.75, 3.05) is 41.7 Å². The van der Waals surface area contributed by atoms with E-state index in [0.29, 0.717) is 18.8 Å². The Bertz CT molecular complexity index is 1310. The zero-order valence-electron chi connectivity index (χ0n) is 23.3. The van der Waals surface area contributed by atoms with Crippen LogP contribution >= 0.6 is 0 Å². The number of esters is 1. The van der Waals surface area contributed by atoms with Gasteiger partial charge in [-0.25, -0.2) is 4.79 Å². The van der Waals surface area contributed by atoms with Gasteiger partial charge < -0.3 is 53.6 Å². The molecule has 0 saturated carbocycles. The number of hydrogen-bond donors (Lipinski definition) is 4. The van der Waals surface area contributed by atoms with Gasteiger partial charge in [0.05, 0.1) is 66.7 Å². The molecule has 42 heavy (non-hydrogen) atoms. The number of phenols is 1. The second-order valence-electron chi connectivity index (χ2n) is 9.92. The Morgan fingerprint density at radius 1 is 0.786 bits per heavy atom. The van der Waals surface area contributed by atoms with E-state index in [1.54, 1.807) is 24.3 Å². The van der Waals surface area contributed by atoms with Gasteiger partial charge in [0.1, 0.15) is 0 Å². The third-order valence-electron chi connectivity index (χ3n) is 7.40. The largest absolute Gasteiger partial charge is 0.502 e. The van der Waals surface area contributed by atoms with Gasteiger partial charge in [0, 0.05) is 11.8 Å². The highest BCUT2D eigenvalue weighted by Crippen LogP contribution is 2.53. The molecule has 2 aromatic carbocycles. The summed E-state index contributed by atoms with van der Waals surface area (Å²) in [4.78, 5) is 35.1. The van der Waals surface area contributed by atoms with E-state index in [1.165, 1.54) is 28.4 Å². The van der Waals surface area contributed by atoms with Gasteiger partial charge in [0.2, 0.25) is 11.5 Å². The topological polar surface area (TPSA) is 197 Å². The Morgan fingerprint density at radius 3 is 1.60 bits per heavy atom. The van der Waals surface area contributed by atoms with Crippen LogP contribution in [0.1, 0.15) is 36.2 Å². The summed E-state index contributed by atoms with van der Waals surface area (Å²) < 4.78 is 39.1. The van der Waals surface area contributed by atoms with Crippen LogP contribution in [0.25, 0.3) is 0 Å². The van der Waals surface area contributed by atoms with E-state index in [2.05, 4.69) is 0 Å². The molecule has 5 atom stereocenters. The number of carbonyl (C=O) groups is 3. The molecule has 4 rings (SSSR count). The molecule has 0 spiro atoms. The molecule has 228 valence electrons. The third kappa shape index (κ3) is 5.86. The molecule has 1 unspecified atom stereocenters. The lowest BCUT2D eigenvalue weighted by Crippen LogP contribution is -2.43. The molecule has 0 aliphatic carbocycles. The van der Waals surface area contributed by atoms with E-state index in [1.807, 2.05) is 0 Å². The van der Waals surface area contributed by atoms with E-state index >= 15 is 0 Å². The number of methoxy groups -OCH3 is 4. The average Bonchev–Trinajstić information content (AvgIpc) is 3.55. The van der Waals surface area contributed by atoms with Gasteiger partial charge in [0.15, 0.2) is 28.6 Å². The lowest BCUT2D eigenvalue weighted by atomic mass is 9.84. The molecule has 14 heteroatoms. The lowest BCUT2D eigenvalue weighted by Gasteiger charge is -2.22. The van der Waals surface area contributed by atoms with Crippen LogP contribution in [0, 0.1) is 11.8 Å². The molecule has 0 amide bonds. The Morgan fingerprint density at radius 2 is 1.21 bits per heavy atom. The van der Waals surface area contributed by atoms with Gasteiger partial charge in [-0.2, -0.15) is 0 Å². The number of benzene rings is 2. The molecule has 2 aromatic rings. The Hall–Kier alpha value is -4.27. The SMILES string of the molecule is COc1cc([C@H]2OC[C@H]3[C@@H]2CO[C@@H]3c2cc(OC)c(OC(=O)CC(O)(CC(=O)O)C(=O)O)c(OC)c2)cc(OC)c1O. The Balaban J connectivity index is 1.57. The summed E-state index contributed by atoms with van der Waals surface area (Å²) in [5, 5.41) is 38.7. The third-order valence-corrected chi connectivity index (χ3v) is 7.40. The van der Waals surface area contributed by atoms with Crippen molar-refractivity contribution < 1.29 is 68.0 Å². The number of carboxylic acid groups (broad SMARTS) is 2. The highest BCUT2D eigenvalue weighted by atomic mass is 16.6. The first-order valence-electron chi connectivity index (χ1n) is 12.8. The molecule has 4 N–H and O–H groups in total. The van der Waals surface area contributed by atoms with Crippen LogP contribution in [-0.2, 0) is 23.9 Å². The van der Waals surface area contributed by atoms with Crippen molar-refractivity contribution in [1.82, 2.24) is 0 Å². The quantitative estimate of drug-likeness (QED) is 0.206. The van der Waals surface area contributed by atoms with Crippen LogP contribution in [0.4, 0.5) is 0 Å². The summed E-state index contributed by atoms with van der Waals surface area (Å²) in [6.45, 7) is 0.703. The van der Waals surface area contributed by atoms with Gasteiger partial charge in [-0.05, 0) is 35.4 Å². The molecule has 0 aromatic heterocycles. The zero-order chi connectivity index (χ0) is 30.8. The predicted molar refractivity (Wildman–Crippen MR) is 140 cm³/mol. The smallest absolute Gasteiger partial charge is 0.336 e. The van der Waals surface area contributed by atoms with Crippen molar-refractivity contribution in [3.8, 4) is 34.5 Å². The summed E-state index contributed by atoms with van der Waals surface area (Å²) in [6.07, 6.45) is -3.17. The number of rotatable bonds is 12. The summed E-state index contributed by atoms with van der Waals surface area (Å²) >= 11 is 0. The van der Waals surface area contributed by atoms with Crippen molar-refractivity contribution in [2.45, 2.75) is 30.7 Å². The normalized spacial score (nSPS) is 22.5. The molecule has 2 saturated heterocycles. The van der Waals surface area contributed by atoms with E-state index in [4.69, 9.17) is 38.3 Å². The lowest BCUT2D eigenvalue weighted by molar-refractivity contribution is -0.169. The van der Waals surface area contributed by atoms with Crippen LogP contribution in [0.5, 0.6) is 34.5 Å². The first kappa shape index (κ1) is 30.7. The highest BCUT2D eigenvalue weighted by Gasteiger charge is 2.49. The van der Waals surface area contributed by atoms with Gasteiger partial charge in [-0.1, -0.05) is 0 Å². The molecular formula is C28H32O14. The van der Waals surface area contributed by atoms with Crippen LogP contribution in [-0.4, -0.2) is 85.6 Å². The number of aliphatic carboxylic acids is 2. The molecule has 2 aliphatic heterocycles. The number of phenolic OH excluding ortho intramolecular Hbond substituents is 1. The van der Waals surface area contributed by atoms with E-state index in [-0.39, 0.29) is 52.4 Å².